The van der Waals surface area contributed by atoms with Crippen LogP contribution in [-0.4, -0.2) is 12.0 Å². The molecule has 0 saturated carbocycles. The molecule has 0 amide bonds. The van der Waals surface area contributed by atoms with Gasteiger partial charge in [-0.3, -0.25) is 0 Å². The molecular formula is C15H18FN3. The molecule has 3 nitrogen and oxygen atoms in total. The molecule has 2 N–H and O–H groups in total. The van der Waals surface area contributed by atoms with Crippen LogP contribution in [0.5, 0.6) is 0 Å². The lowest BCUT2D eigenvalue weighted by molar-refractivity contribution is 0.627. The third-order valence-corrected chi connectivity index (χ3v) is 3.12. The van der Waals surface area contributed by atoms with Crippen molar-refractivity contribution in [2.45, 2.75) is 20.0 Å². The number of anilines is 1. The van der Waals surface area contributed by atoms with Gasteiger partial charge in [-0.2, -0.15) is 0 Å². The predicted octanol–water partition coefficient (Wildman–Crippen LogP) is 2.62. The minimum absolute atomic E-state index is 0.215. The van der Waals surface area contributed by atoms with E-state index in [9.17, 15) is 4.39 Å². The van der Waals surface area contributed by atoms with Gasteiger partial charge in [-0.15, -0.1) is 0 Å². The summed E-state index contributed by atoms with van der Waals surface area (Å²) in [7, 11) is 1.97. The molecule has 100 valence electrons. The number of nitrogens with zero attached hydrogens (tertiary/aromatic N) is 2. The molecule has 0 aliphatic carbocycles. The van der Waals surface area contributed by atoms with E-state index in [-0.39, 0.29) is 5.82 Å². The zero-order valence-corrected chi connectivity index (χ0v) is 11.2. The van der Waals surface area contributed by atoms with Crippen molar-refractivity contribution in [3.8, 4) is 0 Å². The van der Waals surface area contributed by atoms with Crippen molar-refractivity contribution >= 4 is 5.82 Å². The second kappa shape index (κ2) is 5.80. The van der Waals surface area contributed by atoms with E-state index in [0.717, 1.165) is 22.6 Å². The predicted molar refractivity (Wildman–Crippen MR) is 75.4 cm³/mol. The number of benzene rings is 1. The van der Waals surface area contributed by atoms with E-state index in [1.54, 1.807) is 12.1 Å². The maximum atomic E-state index is 12.8. The Bertz CT molecular complexity index is 552. The molecule has 1 heterocycles. The Labute approximate surface area is 112 Å². The second-order valence-electron chi connectivity index (χ2n) is 4.60. The van der Waals surface area contributed by atoms with Crippen molar-refractivity contribution in [2.24, 2.45) is 5.73 Å². The van der Waals surface area contributed by atoms with Crippen LogP contribution in [-0.2, 0) is 13.1 Å². The van der Waals surface area contributed by atoms with Crippen LogP contribution in [0.15, 0.2) is 36.4 Å². The first kappa shape index (κ1) is 13.5. The number of pyridine rings is 1. The van der Waals surface area contributed by atoms with Crippen LogP contribution in [0.1, 0.15) is 16.8 Å². The van der Waals surface area contributed by atoms with Gasteiger partial charge in [-0.1, -0.05) is 18.2 Å². The molecule has 1 aromatic carbocycles. The maximum absolute atomic E-state index is 12.8. The molecule has 0 radical (unpaired) electrons. The van der Waals surface area contributed by atoms with Crippen LogP contribution >= 0.6 is 0 Å². The lowest BCUT2D eigenvalue weighted by Crippen LogP contribution is -2.18. The highest BCUT2D eigenvalue weighted by Crippen LogP contribution is 2.16. The van der Waals surface area contributed by atoms with Crippen LogP contribution in [0.25, 0.3) is 0 Å². The maximum Gasteiger partial charge on any atom is 0.128 e. The highest BCUT2D eigenvalue weighted by Gasteiger charge is 2.06. The summed E-state index contributed by atoms with van der Waals surface area (Å²) in [4.78, 5) is 6.56. The Morgan fingerprint density at radius 2 is 1.84 bits per heavy atom. The molecule has 2 aromatic rings. The number of hydrogen-bond donors (Lipinski definition) is 1. The Morgan fingerprint density at radius 1 is 1.16 bits per heavy atom. The van der Waals surface area contributed by atoms with E-state index in [1.807, 2.05) is 31.0 Å². The number of nitrogens with two attached hydrogens (primary N) is 1. The Balaban J connectivity index is 2.13. The first-order valence-electron chi connectivity index (χ1n) is 6.22. The lowest BCUT2D eigenvalue weighted by Gasteiger charge is -2.19. The largest absolute Gasteiger partial charge is 0.355 e. The van der Waals surface area contributed by atoms with Crippen LogP contribution in [0, 0.1) is 12.7 Å². The van der Waals surface area contributed by atoms with Gasteiger partial charge in [-0.25, -0.2) is 9.37 Å². The molecule has 0 aliphatic heterocycles. The summed E-state index contributed by atoms with van der Waals surface area (Å²) in [6.07, 6.45) is 0. The van der Waals surface area contributed by atoms with E-state index in [1.165, 1.54) is 12.1 Å². The fourth-order valence-corrected chi connectivity index (χ4v) is 1.95. The average Bonchev–Trinajstić information content (AvgIpc) is 2.41. The topological polar surface area (TPSA) is 42.2 Å². The molecule has 0 saturated heterocycles. The summed E-state index contributed by atoms with van der Waals surface area (Å²) >= 11 is 0. The third-order valence-electron chi connectivity index (χ3n) is 3.12. The fourth-order valence-electron chi connectivity index (χ4n) is 1.95. The van der Waals surface area contributed by atoms with Gasteiger partial charge in [0.2, 0.25) is 0 Å². The first-order chi connectivity index (χ1) is 9.10. The molecule has 1 aromatic heterocycles. The minimum atomic E-state index is -0.215. The van der Waals surface area contributed by atoms with Crippen LogP contribution in [0.4, 0.5) is 10.2 Å². The molecule has 0 spiro atoms. The summed E-state index contributed by atoms with van der Waals surface area (Å²) in [5.74, 6) is 0.673. The number of aromatic nitrogens is 1. The monoisotopic (exact) mass is 259 g/mol. The highest BCUT2D eigenvalue weighted by atomic mass is 19.1. The van der Waals surface area contributed by atoms with Gasteiger partial charge in [0.25, 0.3) is 0 Å². The van der Waals surface area contributed by atoms with E-state index in [0.29, 0.717) is 13.1 Å². The highest BCUT2D eigenvalue weighted by molar-refractivity contribution is 5.41. The zero-order chi connectivity index (χ0) is 13.8. The van der Waals surface area contributed by atoms with Crippen LogP contribution < -0.4 is 10.6 Å². The molecule has 19 heavy (non-hydrogen) atoms. The third kappa shape index (κ3) is 3.29. The normalized spacial score (nSPS) is 10.5. The van der Waals surface area contributed by atoms with E-state index < -0.39 is 0 Å². The Morgan fingerprint density at radius 3 is 2.42 bits per heavy atom. The minimum Gasteiger partial charge on any atom is -0.355 e. The molecular weight excluding hydrogens is 241 g/mol. The van der Waals surface area contributed by atoms with E-state index in [2.05, 4.69) is 4.98 Å². The van der Waals surface area contributed by atoms with Gasteiger partial charge >= 0.3 is 0 Å². The SMILES string of the molecule is Cc1nc(N(C)Cc2ccc(F)cc2)ccc1CN. The van der Waals surface area contributed by atoms with Gasteiger partial charge in [0.1, 0.15) is 11.6 Å². The smallest absolute Gasteiger partial charge is 0.128 e. The van der Waals surface area contributed by atoms with Crippen LogP contribution in [0.3, 0.4) is 0 Å². The van der Waals surface area contributed by atoms with Crippen molar-refractivity contribution in [1.82, 2.24) is 4.98 Å². The number of hydrogen-bond acceptors (Lipinski definition) is 3. The van der Waals surface area contributed by atoms with Crippen molar-refractivity contribution in [3.63, 3.8) is 0 Å². The molecule has 0 aliphatic rings. The molecule has 0 bridgehead atoms. The van der Waals surface area contributed by atoms with Gasteiger partial charge in [-0.05, 0) is 36.2 Å². The molecule has 4 heteroatoms. The summed E-state index contributed by atoms with van der Waals surface area (Å²) in [5.41, 5.74) is 8.68. The van der Waals surface area contributed by atoms with Crippen molar-refractivity contribution < 1.29 is 4.39 Å². The van der Waals surface area contributed by atoms with Crippen molar-refractivity contribution in [2.75, 3.05) is 11.9 Å². The van der Waals surface area contributed by atoms with Gasteiger partial charge in [0.05, 0.1) is 0 Å². The van der Waals surface area contributed by atoms with Gasteiger partial charge in [0.15, 0.2) is 0 Å². The summed E-state index contributed by atoms with van der Waals surface area (Å²) in [5, 5.41) is 0. The zero-order valence-electron chi connectivity index (χ0n) is 11.2. The molecule has 0 fully saturated rings. The number of rotatable bonds is 4. The van der Waals surface area contributed by atoms with Crippen LogP contribution in [0.2, 0.25) is 0 Å². The summed E-state index contributed by atoms with van der Waals surface area (Å²) in [6.45, 7) is 3.15. The van der Waals surface area contributed by atoms with E-state index in [4.69, 9.17) is 5.73 Å². The fraction of sp³-hybridized carbons (Fsp3) is 0.267. The Hall–Kier alpha value is -1.94. The van der Waals surface area contributed by atoms with E-state index >= 15 is 0 Å². The standard InChI is InChI=1S/C15H18FN3/c1-11-13(9-17)5-8-15(18-11)19(2)10-12-3-6-14(16)7-4-12/h3-8H,9-10,17H2,1-2H3. The summed E-state index contributed by atoms with van der Waals surface area (Å²) < 4.78 is 12.8. The first-order valence-corrected chi connectivity index (χ1v) is 6.22. The average molecular weight is 259 g/mol. The molecule has 2 rings (SSSR count). The summed E-state index contributed by atoms with van der Waals surface area (Å²) in [6, 6.07) is 10.5. The number of aryl methyl sites for hydroxylation is 1. The lowest BCUT2D eigenvalue weighted by atomic mass is 10.2. The van der Waals surface area contributed by atoms with Crippen molar-refractivity contribution in [3.05, 3.63) is 59.0 Å². The number of halogens is 1. The molecule has 0 unspecified atom stereocenters. The molecule has 0 atom stereocenters. The Kier molecular flexibility index (Phi) is 4.12. The quantitative estimate of drug-likeness (QED) is 0.917. The van der Waals surface area contributed by atoms with Crippen molar-refractivity contribution in [1.29, 1.82) is 0 Å². The second-order valence-corrected chi connectivity index (χ2v) is 4.60. The van der Waals surface area contributed by atoms with Gasteiger partial charge in [0, 0.05) is 25.8 Å². The van der Waals surface area contributed by atoms with Gasteiger partial charge < -0.3 is 10.6 Å².